The number of rotatable bonds is 0. The van der Waals surface area contributed by atoms with Gasteiger partial charge in [0.25, 0.3) is 0 Å². The first-order chi connectivity index (χ1) is 7.37. The Balaban J connectivity index is 2.05. The molecule has 1 amide bonds. The highest BCUT2D eigenvalue weighted by Crippen LogP contribution is 2.28. The second kappa shape index (κ2) is 3.64. The third-order valence-corrected chi connectivity index (χ3v) is 2.72. The minimum absolute atomic E-state index is 0.148. The lowest BCUT2D eigenvalue weighted by Crippen LogP contribution is -2.59. The molecular weight excluding hydrogens is 210 g/mol. The van der Waals surface area contributed by atoms with Crippen LogP contribution in [-0.4, -0.2) is 41.3 Å². The van der Waals surface area contributed by atoms with E-state index in [1.165, 1.54) is 4.90 Å². The lowest BCUT2D eigenvalue weighted by Gasteiger charge is -2.43. The summed E-state index contributed by atoms with van der Waals surface area (Å²) in [4.78, 5) is 24.8. The van der Waals surface area contributed by atoms with E-state index in [9.17, 15) is 9.59 Å². The second-order valence-corrected chi connectivity index (χ2v) is 5.28. The van der Waals surface area contributed by atoms with Crippen molar-refractivity contribution in [1.82, 2.24) is 4.90 Å². The minimum Gasteiger partial charge on any atom is -0.459 e. The molecule has 0 aromatic heterocycles. The molecule has 0 spiro atoms. The van der Waals surface area contributed by atoms with Gasteiger partial charge in [-0.15, -0.1) is 0 Å². The van der Waals surface area contributed by atoms with Crippen molar-refractivity contribution in [3.63, 3.8) is 0 Å². The summed E-state index contributed by atoms with van der Waals surface area (Å²) in [5.41, 5.74) is -0.530. The average molecular weight is 227 g/mol. The van der Waals surface area contributed by atoms with Gasteiger partial charge in [-0.1, -0.05) is 0 Å². The average Bonchev–Trinajstić information content (AvgIpc) is 2.15. The summed E-state index contributed by atoms with van der Waals surface area (Å²) in [6, 6.07) is -0.445. The number of nitrogens with zero attached hydrogens (tertiary/aromatic N) is 1. The molecule has 3 fully saturated rings. The molecule has 0 radical (unpaired) electrons. The van der Waals surface area contributed by atoms with Crippen LogP contribution in [0.3, 0.4) is 0 Å². The summed E-state index contributed by atoms with van der Waals surface area (Å²) >= 11 is 0. The van der Waals surface area contributed by atoms with Crippen LogP contribution in [-0.2, 0) is 14.3 Å². The summed E-state index contributed by atoms with van der Waals surface area (Å²) in [5, 5.41) is 0. The molecule has 5 heteroatoms. The molecule has 16 heavy (non-hydrogen) atoms. The smallest absolute Gasteiger partial charge is 0.411 e. The lowest BCUT2D eigenvalue weighted by molar-refractivity contribution is -0.174. The lowest BCUT2D eigenvalue weighted by atomic mass is 9.97. The van der Waals surface area contributed by atoms with Crippen molar-refractivity contribution >= 4 is 12.1 Å². The Kier molecular flexibility index (Phi) is 2.56. The number of morpholine rings is 1. The third kappa shape index (κ3) is 2.13. The summed E-state index contributed by atoms with van der Waals surface area (Å²) in [6.07, 6.45) is 0.960. The summed E-state index contributed by atoms with van der Waals surface area (Å²) in [7, 11) is 0. The number of carbonyl (C=O) groups excluding carboxylic acids is 2. The highest BCUT2D eigenvalue weighted by Gasteiger charge is 2.45. The molecule has 0 unspecified atom stereocenters. The monoisotopic (exact) mass is 227 g/mol. The van der Waals surface area contributed by atoms with Crippen molar-refractivity contribution in [2.45, 2.75) is 51.4 Å². The number of carbonyl (C=O) groups is 2. The molecule has 3 saturated heterocycles. The topological polar surface area (TPSA) is 55.8 Å². The Morgan fingerprint density at radius 1 is 1.44 bits per heavy atom. The van der Waals surface area contributed by atoms with E-state index < -0.39 is 17.7 Å². The standard InChI is InChI=1S/C11H17NO4/c1-11(2,3)16-10(14)12-6-7-4-5-8(12)9(13)15-7/h7-8H,4-6H2,1-3H3/t7-,8-/m0/s1. The Hall–Kier alpha value is -1.26. The van der Waals surface area contributed by atoms with Gasteiger partial charge in [-0.2, -0.15) is 0 Å². The quantitative estimate of drug-likeness (QED) is 0.585. The van der Waals surface area contributed by atoms with E-state index >= 15 is 0 Å². The van der Waals surface area contributed by atoms with Gasteiger partial charge in [0, 0.05) is 0 Å². The zero-order valence-corrected chi connectivity index (χ0v) is 9.86. The van der Waals surface area contributed by atoms with Gasteiger partial charge in [0.1, 0.15) is 17.7 Å². The van der Waals surface area contributed by atoms with Crippen molar-refractivity contribution in [2.24, 2.45) is 0 Å². The molecule has 2 bridgehead atoms. The molecule has 3 rings (SSSR count). The highest BCUT2D eigenvalue weighted by atomic mass is 16.6. The zero-order chi connectivity index (χ0) is 11.9. The van der Waals surface area contributed by atoms with E-state index in [0.29, 0.717) is 13.0 Å². The Morgan fingerprint density at radius 3 is 2.62 bits per heavy atom. The number of fused-ring (bicyclic) bond motifs is 3. The first kappa shape index (κ1) is 11.2. The van der Waals surface area contributed by atoms with Gasteiger partial charge in [-0.3, -0.25) is 4.90 Å². The molecule has 90 valence electrons. The fourth-order valence-corrected chi connectivity index (χ4v) is 2.04. The molecule has 0 saturated carbocycles. The molecule has 5 nitrogen and oxygen atoms in total. The maximum Gasteiger partial charge on any atom is 0.411 e. The number of hydrogen-bond donors (Lipinski definition) is 0. The SMILES string of the molecule is CC(C)(C)OC(=O)N1C[C@@H]2CC[C@H]1C(=O)O2. The van der Waals surface area contributed by atoms with Crippen LogP contribution in [0.15, 0.2) is 0 Å². The summed E-state index contributed by atoms with van der Waals surface area (Å²) in [6.45, 7) is 5.90. The van der Waals surface area contributed by atoms with Gasteiger partial charge in [0.2, 0.25) is 0 Å². The van der Waals surface area contributed by atoms with E-state index in [-0.39, 0.29) is 12.1 Å². The first-order valence-corrected chi connectivity index (χ1v) is 5.57. The number of piperidine rings is 1. The van der Waals surface area contributed by atoms with Crippen LogP contribution in [0.25, 0.3) is 0 Å². The molecule has 2 atom stereocenters. The van der Waals surface area contributed by atoms with Crippen LogP contribution in [0.5, 0.6) is 0 Å². The molecule has 3 aliphatic heterocycles. The largest absolute Gasteiger partial charge is 0.459 e. The van der Waals surface area contributed by atoms with Crippen LogP contribution in [0.1, 0.15) is 33.6 Å². The molecule has 3 heterocycles. The van der Waals surface area contributed by atoms with Crippen LogP contribution in [0, 0.1) is 0 Å². The molecule has 0 aromatic carbocycles. The first-order valence-electron chi connectivity index (χ1n) is 5.57. The van der Waals surface area contributed by atoms with Crippen molar-refractivity contribution < 1.29 is 19.1 Å². The van der Waals surface area contributed by atoms with Crippen LogP contribution < -0.4 is 0 Å². The Morgan fingerprint density at radius 2 is 2.12 bits per heavy atom. The van der Waals surface area contributed by atoms with Crippen LogP contribution in [0.2, 0.25) is 0 Å². The van der Waals surface area contributed by atoms with Crippen LogP contribution in [0.4, 0.5) is 4.79 Å². The normalized spacial score (nSPS) is 28.9. The van der Waals surface area contributed by atoms with Gasteiger partial charge >= 0.3 is 12.1 Å². The number of hydrogen-bond acceptors (Lipinski definition) is 4. The maximum atomic E-state index is 11.8. The predicted molar refractivity (Wildman–Crippen MR) is 55.8 cm³/mol. The van der Waals surface area contributed by atoms with Gasteiger partial charge in [0.05, 0.1) is 6.54 Å². The summed E-state index contributed by atoms with van der Waals surface area (Å²) in [5.74, 6) is -0.298. The molecule has 0 aliphatic carbocycles. The van der Waals surface area contributed by atoms with Crippen molar-refractivity contribution in [2.75, 3.05) is 6.54 Å². The Labute approximate surface area is 94.7 Å². The second-order valence-electron chi connectivity index (χ2n) is 5.28. The molecule has 3 aliphatic rings. The highest BCUT2D eigenvalue weighted by molar-refractivity contribution is 5.83. The molecule has 0 aromatic rings. The van der Waals surface area contributed by atoms with E-state index in [1.54, 1.807) is 0 Å². The maximum absolute atomic E-state index is 11.8. The van der Waals surface area contributed by atoms with Crippen molar-refractivity contribution in [3.05, 3.63) is 0 Å². The van der Waals surface area contributed by atoms with Crippen molar-refractivity contribution in [3.8, 4) is 0 Å². The summed E-state index contributed by atoms with van der Waals surface area (Å²) < 4.78 is 10.4. The zero-order valence-electron chi connectivity index (χ0n) is 9.86. The molecular formula is C11H17NO4. The van der Waals surface area contributed by atoms with Gasteiger partial charge in [0.15, 0.2) is 0 Å². The number of amides is 1. The Bertz CT molecular complexity index is 320. The van der Waals surface area contributed by atoms with Crippen LogP contribution >= 0.6 is 0 Å². The van der Waals surface area contributed by atoms with Gasteiger partial charge in [-0.25, -0.2) is 9.59 Å². The van der Waals surface area contributed by atoms with E-state index in [2.05, 4.69) is 0 Å². The van der Waals surface area contributed by atoms with Crippen molar-refractivity contribution in [1.29, 1.82) is 0 Å². The van der Waals surface area contributed by atoms with E-state index in [4.69, 9.17) is 9.47 Å². The predicted octanol–water partition coefficient (Wildman–Crippen LogP) is 1.31. The third-order valence-electron chi connectivity index (χ3n) is 2.72. The fraction of sp³-hybridized carbons (Fsp3) is 0.818. The van der Waals surface area contributed by atoms with E-state index in [1.807, 2.05) is 20.8 Å². The number of esters is 1. The van der Waals surface area contributed by atoms with Gasteiger partial charge in [-0.05, 0) is 33.6 Å². The number of ether oxygens (including phenoxy) is 2. The minimum atomic E-state index is -0.530. The molecule has 0 N–H and O–H groups in total. The fourth-order valence-electron chi connectivity index (χ4n) is 2.04. The van der Waals surface area contributed by atoms with Gasteiger partial charge < -0.3 is 9.47 Å². The van der Waals surface area contributed by atoms with E-state index in [0.717, 1.165) is 6.42 Å².